The van der Waals surface area contributed by atoms with Gasteiger partial charge in [-0.1, -0.05) is 13.8 Å². The van der Waals surface area contributed by atoms with Crippen LogP contribution in [-0.4, -0.2) is 112 Å². The summed E-state index contributed by atoms with van der Waals surface area (Å²) in [4.78, 5) is 66.0. The van der Waals surface area contributed by atoms with Crippen LogP contribution < -0.4 is 0 Å². The average molecular weight is 735 g/mol. The van der Waals surface area contributed by atoms with Crippen LogP contribution in [0.3, 0.4) is 0 Å². The molecule has 3 aliphatic heterocycles. The number of hydrogen-bond donors (Lipinski definition) is 3. The van der Waals surface area contributed by atoms with Crippen LogP contribution in [0.25, 0.3) is 0 Å². The molecule has 7 aliphatic rings. The highest BCUT2D eigenvalue weighted by Crippen LogP contribution is 2.89. The Bertz CT molecular complexity index is 1780. The summed E-state index contributed by atoms with van der Waals surface area (Å²) in [6.45, 7) is 7.26. The highest BCUT2D eigenvalue weighted by molar-refractivity contribution is 5.74. The van der Waals surface area contributed by atoms with E-state index in [-0.39, 0.29) is 6.42 Å². The fraction of sp³-hybridized carbons (Fsp3) is 0.743. The Hall–Kier alpha value is -3.61. The van der Waals surface area contributed by atoms with E-state index in [0.29, 0.717) is 5.56 Å². The van der Waals surface area contributed by atoms with Gasteiger partial charge in [0.15, 0.2) is 5.60 Å². The third kappa shape index (κ3) is 3.49. The van der Waals surface area contributed by atoms with Gasteiger partial charge >= 0.3 is 29.8 Å². The molecule has 284 valence electrons. The van der Waals surface area contributed by atoms with Crippen molar-refractivity contribution in [1.82, 2.24) is 0 Å². The van der Waals surface area contributed by atoms with Crippen molar-refractivity contribution in [3.8, 4) is 0 Å². The third-order valence-corrected chi connectivity index (χ3v) is 13.8. The number of cyclic esters (lactones) is 1. The molecule has 1 aromatic rings. The highest BCUT2D eigenvalue weighted by atomic mass is 16.9. The number of methoxy groups -OCH3 is 1. The van der Waals surface area contributed by atoms with Gasteiger partial charge in [0, 0.05) is 51.0 Å². The van der Waals surface area contributed by atoms with Crippen LogP contribution in [0.15, 0.2) is 23.0 Å². The minimum absolute atomic E-state index is 0.235. The number of aliphatic hydroxyl groups is 3. The zero-order valence-electron chi connectivity index (χ0n) is 29.7. The van der Waals surface area contributed by atoms with E-state index in [4.69, 9.17) is 42.3 Å². The Morgan fingerprint density at radius 3 is 2.27 bits per heavy atom. The van der Waals surface area contributed by atoms with Gasteiger partial charge in [0.1, 0.15) is 53.9 Å². The molecule has 0 amide bonds. The lowest BCUT2D eigenvalue weighted by Crippen LogP contribution is -2.98. The molecule has 3 N–H and O–H groups in total. The SMILES string of the molecule is COC(=O)C[C@@H]1[C@@]2(C)C[C@]34OC5(C)O[C@@]6([C@H](O)C3(O)[C@@H]2OC(C)=O)[C@@H]2CC(=O)O[C@@H](c3ccoc3)[C@]2(C)C(OC(C)=O)C(O)[C@]6(O5)[C@@]14COC(C)=O. The first-order chi connectivity index (χ1) is 24.2. The Labute approximate surface area is 297 Å². The second kappa shape index (κ2) is 10.3. The van der Waals surface area contributed by atoms with Crippen molar-refractivity contribution >= 4 is 29.8 Å². The molecule has 17 heteroatoms. The lowest BCUT2D eigenvalue weighted by molar-refractivity contribution is -0.497. The highest BCUT2D eigenvalue weighted by Gasteiger charge is 3.06. The van der Waals surface area contributed by atoms with Gasteiger partial charge in [0.2, 0.25) is 0 Å². The van der Waals surface area contributed by atoms with E-state index >= 15 is 0 Å². The lowest BCUT2D eigenvalue weighted by atomic mass is 9.32. The zero-order chi connectivity index (χ0) is 37.8. The van der Waals surface area contributed by atoms with Crippen molar-refractivity contribution in [3.63, 3.8) is 0 Å². The van der Waals surface area contributed by atoms with Gasteiger partial charge < -0.3 is 57.6 Å². The van der Waals surface area contributed by atoms with Gasteiger partial charge in [-0.15, -0.1) is 0 Å². The Kier molecular flexibility index (Phi) is 7.03. The maximum absolute atomic E-state index is 13.8. The number of carbonyl (C=O) groups excluding carboxylic acids is 5. The molecule has 4 saturated carbocycles. The summed E-state index contributed by atoms with van der Waals surface area (Å²) in [5.74, 6) is -8.77. The second-order valence-electron chi connectivity index (χ2n) is 16.0. The summed E-state index contributed by atoms with van der Waals surface area (Å²) in [7, 11) is 1.16. The summed E-state index contributed by atoms with van der Waals surface area (Å²) in [6, 6.07) is 1.52. The van der Waals surface area contributed by atoms with Gasteiger partial charge in [-0.2, -0.15) is 0 Å². The van der Waals surface area contributed by atoms with Crippen molar-refractivity contribution in [2.24, 2.45) is 28.1 Å². The van der Waals surface area contributed by atoms with Gasteiger partial charge in [0.25, 0.3) is 5.97 Å². The maximum atomic E-state index is 13.8. The second-order valence-corrected chi connectivity index (χ2v) is 16.0. The average Bonchev–Trinajstić information content (AvgIpc) is 3.76. The smallest absolute Gasteiger partial charge is 0.306 e. The molecule has 17 nitrogen and oxygen atoms in total. The van der Waals surface area contributed by atoms with Crippen LogP contribution in [0.5, 0.6) is 0 Å². The molecule has 4 unspecified atom stereocenters. The molecular weight excluding hydrogens is 692 g/mol. The van der Waals surface area contributed by atoms with Gasteiger partial charge in [-0.05, 0) is 18.4 Å². The first-order valence-corrected chi connectivity index (χ1v) is 17.2. The topological polar surface area (TPSA) is 233 Å². The number of aliphatic hydroxyl groups excluding tert-OH is 2. The molecule has 4 aliphatic carbocycles. The van der Waals surface area contributed by atoms with Crippen molar-refractivity contribution in [1.29, 1.82) is 0 Å². The largest absolute Gasteiger partial charge is 0.472 e. The maximum Gasteiger partial charge on any atom is 0.306 e. The van der Waals surface area contributed by atoms with Gasteiger partial charge in [-0.25, -0.2) is 0 Å². The Balaban J connectivity index is 1.52. The normalized spacial score (nSPS) is 51.6. The van der Waals surface area contributed by atoms with E-state index in [0.717, 1.165) is 27.9 Å². The van der Waals surface area contributed by atoms with Crippen LogP contribution in [-0.2, 0) is 61.9 Å². The molecule has 0 radical (unpaired) electrons. The molecule has 7 fully saturated rings. The van der Waals surface area contributed by atoms with E-state index in [1.54, 1.807) is 13.8 Å². The van der Waals surface area contributed by atoms with Crippen LogP contribution in [0.2, 0.25) is 0 Å². The van der Waals surface area contributed by atoms with E-state index in [1.165, 1.54) is 25.5 Å². The zero-order valence-corrected chi connectivity index (χ0v) is 29.7. The number of hydrogen-bond acceptors (Lipinski definition) is 17. The molecule has 4 heterocycles. The van der Waals surface area contributed by atoms with Gasteiger partial charge in [0.05, 0.1) is 36.9 Å². The monoisotopic (exact) mass is 734 g/mol. The van der Waals surface area contributed by atoms with Crippen LogP contribution in [0, 0.1) is 28.1 Å². The van der Waals surface area contributed by atoms with E-state index < -0.39 is 136 Å². The van der Waals surface area contributed by atoms with Crippen LogP contribution >= 0.6 is 0 Å². The Morgan fingerprint density at radius 1 is 0.981 bits per heavy atom. The number of fused-ring (bicyclic) bond motifs is 3. The predicted molar refractivity (Wildman–Crippen MR) is 164 cm³/mol. The van der Waals surface area contributed by atoms with Gasteiger partial charge in [-0.3, -0.25) is 24.0 Å². The summed E-state index contributed by atoms with van der Waals surface area (Å²) in [6.07, 6.45) is -7.33. The van der Waals surface area contributed by atoms with Crippen LogP contribution in [0.1, 0.15) is 72.5 Å². The first kappa shape index (κ1) is 35.4. The number of ether oxygens (including phenoxy) is 8. The fourth-order valence-corrected chi connectivity index (χ4v) is 12.7. The molecular formula is C35H42O17. The molecule has 15 atom stereocenters. The lowest BCUT2D eigenvalue weighted by Gasteiger charge is -2.78. The third-order valence-electron chi connectivity index (χ3n) is 13.8. The molecule has 8 rings (SSSR count). The fourth-order valence-electron chi connectivity index (χ4n) is 12.7. The van der Waals surface area contributed by atoms with Crippen LogP contribution in [0.4, 0.5) is 0 Å². The number of rotatable bonds is 7. The van der Waals surface area contributed by atoms with Crippen molar-refractivity contribution < 1.29 is 81.6 Å². The predicted octanol–water partition coefficient (Wildman–Crippen LogP) is 0.353. The summed E-state index contributed by atoms with van der Waals surface area (Å²) in [5.41, 5.74) is -14.5. The molecule has 52 heavy (non-hydrogen) atoms. The molecule has 2 spiro atoms. The number of carbonyl (C=O) groups is 5. The first-order valence-electron chi connectivity index (χ1n) is 17.2. The summed E-state index contributed by atoms with van der Waals surface area (Å²) >= 11 is 0. The van der Waals surface area contributed by atoms with E-state index in [2.05, 4.69) is 0 Å². The minimum Gasteiger partial charge on any atom is -0.472 e. The number of esters is 5. The quantitative estimate of drug-likeness (QED) is 0.253. The minimum atomic E-state index is -2.63. The van der Waals surface area contributed by atoms with Crippen molar-refractivity contribution in [3.05, 3.63) is 24.2 Å². The molecule has 4 bridgehead atoms. The standard InChI is InChI=1S/C35H42O17/c1-15(36)46-14-31-19(10-21(39)44-7)28(4)13-32(31)33(43,27(28)48-17(3)38)26(42)34-20-11-22(40)49-24(18-8-9-45-12-18)29(20,5)25(47-16(2)37)23(41)35(31,34)52-30(6,50-32)51-34/h8-9,12,19-20,23-27,41-43H,10-11,13-14H2,1-7H3/t19-,20-,23?,24+,25?,26-,27-,28-,29-,30?,31+,32-,33?,34-,35+/m1/s1. The summed E-state index contributed by atoms with van der Waals surface area (Å²) < 4.78 is 54.6. The van der Waals surface area contributed by atoms with Crippen molar-refractivity contribution in [2.75, 3.05) is 13.7 Å². The van der Waals surface area contributed by atoms with Crippen molar-refractivity contribution in [2.45, 2.75) is 120 Å². The molecule has 0 aromatic carbocycles. The van der Waals surface area contributed by atoms with E-state index in [1.807, 2.05) is 0 Å². The molecule has 1 aromatic heterocycles. The molecule has 3 saturated heterocycles. The summed E-state index contributed by atoms with van der Waals surface area (Å²) in [5, 5.41) is 39.9. The Morgan fingerprint density at radius 2 is 1.67 bits per heavy atom. The number of furan rings is 1. The van der Waals surface area contributed by atoms with E-state index in [9.17, 15) is 39.3 Å².